The second kappa shape index (κ2) is 9.18. The van der Waals surface area contributed by atoms with Crippen molar-refractivity contribution < 1.29 is 4.42 Å². The van der Waals surface area contributed by atoms with E-state index in [0.29, 0.717) is 0 Å². The van der Waals surface area contributed by atoms with Crippen LogP contribution in [0.15, 0.2) is 156 Å². The third kappa shape index (κ3) is 3.34. The van der Waals surface area contributed by atoms with Crippen LogP contribution in [0.25, 0.3) is 88.1 Å². The number of aromatic nitrogens is 3. The van der Waals surface area contributed by atoms with Crippen LogP contribution in [-0.2, 0) is 0 Å². The average Bonchev–Trinajstić information content (AvgIpc) is 3.77. The van der Waals surface area contributed by atoms with E-state index in [2.05, 4.69) is 148 Å². The lowest BCUT2D eigenvalue weighted by Gasteiger charge is -2.11. The van der Waals surface area contributed by atoms with E-state index in [1.54, 1.807) is 0 Å². The summed E-state index contributed by atoms with van der Waals surface area (Å²) in [5, 5.41) is 7.07. The van der Waals surface area contributed by atoms with Gasteiger partial charge in [0.15, 0.2) is 5.58 Å². The number of fused-ring (bicyclic) bond motifs is 12. The molecule has 4 aromatic heterocycles. The number of hydrogen-bond acceptors (Lipinski definition) is 2. The Morgan fingerprint density at radius 1 is 0.444 bits per heavy atom. The summed E-state index contributed by atoms with van der Waals surface area (Å²) in [6.45, 7) is 0. The molecule has 210 valence electrons. The largest absolute Gasteiger partial charge is 0.454 e. The summed E-state index contributed by atoms with van der Waals surface area (Å²) in [6, 6.07) is 49.5. The van der Waals surface area contributed by atoms with E-state index in [1.807, 2.05) is 18.5 Å². The Labute approximate surface area is 258 Å². The Morgan fingerprint density at radius 3 is 1.80 bits per heavy atom. The lowest BCUT2D eigenvalue weighted by Crippen LogP contribution is -1.96. The third-order valence-corrected chi connectivity index (χ3v) is 9.18. The van der Waals surface area contributed by atoms with E-state index in [-0.39, 0.29) is 0 Å². The first-order chi connectivity index (χ1) is 22.4. The first-order valence-corrected chi connectivity index (χ1v) is 15.2. The minimum absolute atomic E-state index is 0.892. The van der Waals surface area contributed by atoms with E-state index < -0.39 is 0 Å². The van der Waals surface area contributed by atoms with Crippen LogP contribution in [0.4, 0.5) is 0 Å². The fourth-order valence-corrected chi connectivity index (χ4v) is 7.33. The summed E-state index contributed by atoms with van der Waals surface area (Å²) in [6.07, 6.45) is 3.73. The summed E-state index contributed by atoms with van der Waals surface area (Å²) in [4.78, 5) is 4.34. The molecule has 0 unspecified atom stereocenters. The van der Waals surface area contributed by atoms with Crippen LogP contribution in [0, 0.1) is 0 Å². The second-order valence-electron chi connectivity index (χ2n) is 11.6. The van der Waals surface area contributed by atoms with Crippen LogP contribution in [-0.4, -0.2) is 14.1 Å². The van der Waals surface area contributed by atoms with Crippen molar-refractivity contribution in [2.24, 2.45) is 0 Å². The Kier molecular flexibility index (Phi) is 4.96. The van der Waals surface area contributed by atoms with Crippen molar-refractivity contribution >= 4 is 65.6 Å². The minimum Gasteiger partial charge on any atom is -0.454 e. The smallest absolute Gasteiger partial charge is 0.160 e. The van der Waals surface area contributed by atoms with Crippen molar-refractivity contribution in [3.63, 3.8) is 0 Å². The van der Waals surface area contributed by atoms with E-state index in [9.17, 15) is 0 Å². The highest BCUT2D eigenvalue weighted by Crippen LogP contribution is 2.49. The van der Waals surface area contributed by atoms with Gasteiger partial charge >= 0.3 is 0 Å². The number of para-hydroxylation sites is 4. The highest BCUT2D eigenvalue weighted by molar-refractivity contribution is 6.39. The Balaban J connectivity index is 1.46. The van der Waals surface area contributed by atoms with Crippen molar-refractivity contribution in [1.29, 1.82) is 0 Å². The third-order valence-electron chi connectivity index (χ3n) is 9.18. The van der Waals surface area contributed by atoms with Gasteiger partial charge in [-0.15, -0.1) is 0 Å². The molecule has 4 heteroatoms. The van der Waals surface area contributed by atoms with Gasteiger partial charge in [-0.1, -0.05) is 91.0 Å². The van der Waals surface area contributed by atoms with Crippen molar-refractivity contribution in [1.82, 2.24) is 14.1 Å². The molecule has 45 heavy (non-hydrogen) atoms. The molecule has 0 bridgehead atoms. The molecular formula is C41H25N3O. The van der Waals surface area contributed by atoms with E-state index in [4.69, 9.17) is 4.42 Å². The highest BCUT2D eigenvalue weighted by atomic mass is 16.3. The summed E-state index contributed by atoms with van der Waals surface area (Å²) in [7, 11) is 0. The molecule has 0 aliphatic heterocycles. The fourth-order valence-electron chi connectivity index (χ4n) is 7.33. The van der Waals surface area contributed by atoms with E-state index >= 15 is 0 Å². The molecule has 10 aromatic rings. The molecule has 0 atom stereocenters. The molecule has 4 heterocycles. The molecule has 0 spiro atoms. The van der Waals surface area contributed by atoms with Gasteiger partial charge in [0, 0.05) is 56.1 Å². The second-order valence-corrected chi connectivity index (χ2v) is 11.6. The Morgan fingerprint density at radius 2 is 1.07 bits per heavy atom. The van der Waals surface area contributed by atoms with Gasteiger partial charge in [0.25, 0.3) is 0 Å². The molecule has 6 aromatic carbocycles. The average molecular weight is 576 g/mol. The van der Waals surface area contributed by atoms with Crippen LogP contribution < -0.4 is 0 Å². The van der Waals surface area contributed by atoms with Gasteiger partial charge in [-0.3, -0.25) is 4.98 Å². The number of nitrogens with zero attached hydrogens (tertiary/aromatic N) is 3. The van der Waals surface area contributed by atoms with Gasteiger partial charge in [0.1, 0.15) is 5.58 Å². The number of hydrogen-bond donors (Lipinski definition) is 0. The van der Waals surface area contributed by atoms with Crippen molar-refractivity contribution in [2.75, 3.05) is 0 Å². The number of rotatable bonds is 3. The van der Waals surface area contributed by atoms with Gasteiger partial charge in [-0.25, -0.2) is 0 Å². The van der Waals surface area contributed by atoms with Crippen molar-refractivity contribution in [2.45, 2.75) is 0 Å². The summed E-state index contributed by atoms with van der Waals surface area (Å²) in [5.74, 6) is 0. The van der Waals surface area contributed by atoms with Gasteiger partial charge in [-0.05, 0) is 59.7 Å². The van der Waals surface area contributed by atoms with Gasteiger partial charge in [0.05, 0.1) is 22.1 Å². The van der Waals surface area contributed by atoms with Crippen LogP contribution in [0.1, 0.15) is 0 Å². The zero-order valence-electron chi connectivity index (χ0n) is 24.2. The van der Waals surface area contributed by atoms with E-state index in [1.165, 1.54) is 27.1 Å². The SMILES string of the molecule is c1ccc(-n2c3ccccc3c3c2c2oc4ccccc4c2c2c4ccccc4n(-c4ccc(-c5cccnc5)cc4)c23)cc1. The predicted octanol–water partition coefficient (Wildman–Crippen LogP) is 10.8. The summed E-state index contributed by atoms with van der Waals surface area (Å²) >= 11 is 0. The molecular weight excluding hydrogens is 550 g/mol. The normalized spacial score (nSPS) is 12.0. The molecule has 10 rings (SSSR count). The quantitative estimate of drug-likeness (QED) is 0.210. The fraction of sp³-hybridized carbons (Fsp3) is 0. The maximum atomic E-state index is 6.86. The van der Waals surface area contributed by atoms with Crippen molar-refractivity contribution in [3.8, 4) is 22.5 Å². The first kappa shape index (κ1) is 24.3. The van der Waals surface area contributed by atoms with Crippen LogP contribution in [0.5, 0.6) is 0 Å². The van der Waals surface area contributed by atoms with Crippen molar-refractivity contribution in [3.05, 3.63) is 152 Å². The number of benzene rings is 6. The Bertz CT molecular complexity index is 2730. The standard InChI is InChI=1S/C41H25N3O/c1-2-12-28(13-3-1)44-34-18-8-5-15-31(34)38-39-36(37-32-16-6-9-19-35(32)45-41(37)40(38)44)30-14-4-7-17-33(30)43(39)29-22-20-26(21-23-29)27-11-10-24-42-25-27/h1-25H. The van der Waals surface area contributed by atoms with E-state index in [0.717, 1.165) is 61.0 Å². The molecule has 0 radical (unpaired) electrons. The molecule has 0 aliphatic carbocycles. The molecule has 0 saturated heterocycles. The molecule has 0 aliphatic rings. The number of furan rings is 1. The molecule has 0 amide bonds. The lowest BCUT2D eigenvalue weighted by molar-refractivity contribution is 0.671. The van der Waals surface area contributed by atoms with Crippen LogP contribution in [0.2, 0.25) is 0 Å². The maximum Gasteiger partial charge on any atom is 0.160 e. The zero-order chi connectivity index (χ0) is 29.5. The monoisotopic (exact) mass is 575 g/mol. The van der Waals surface area contributed by atoms with Gasteiger partial charge in [0.2, 0.25) is 0 Å². The van der Waals surface area contributed by atoms with Gasteiger partial charge in [-0.2, -0.15) is 0 Å². The highest BCUT2D eigenvalue weighted by Gasteiger charge is 2.27. The molecule has 0 fully saturated rings. The maximum absolute atomic E-state index is 6.86. The molecule has 0 saturated carbocycles. The summed E-state index contributed by atoms with van der Waals surface area (Å²) in [5.41, 5.74) is 10.8. The van der Waals surface area contributed by atoms with Crippen LogP contribution >= 0.6 is 0 Å². The lowest BCUT2D eigenvalue weighted by atomic mass is 10.0. The zero-order valence-corrected chi connectivity index (χ0v) is 24.2. The van der Waals surface area contributed by atoms with Gasteiger partial charge < -0.3 is 13.6 Å². The Hall–Kier alpha value is -6.13. The number of pyridine rings is 1. The first-order valence-electron chi connectivity index (χ1n) is 15.2. The predicted molar refractivity (Wildman–Crippen MR) is 186 cm³/mol. The molecule has 0 N–H and O–H groups in total. The summed E-state index contributed by atoms with van der Waals surface area (Å²) < 4.78 is 11.7. The van der Waals surface area contributed by atoms with Crippen LogP contribution in [0.3, 0.4) is 0 Å². The topological polar surface area (TPSA) is 35.9 Å². The minimum atomic E-state index is 0.892. The molecule has 4 nitrogen and oxygen atoms in total.